The number of nitrogens with zero attached hydrogens (tertiary/aromatic N) is 3. The van der Waals surface area contributed by atoms with E-state index in [1.54, 1.807) is 7.05 Å². The fourth-order valence-corrected chi connectivity index (χ4v) is 1.69. The monoisotopic (exact) mass is 285 g/mol. The van der Waals surface area contributed by atoms with Gasteiger partial charge in [0.2, 0.25) is 0 Å². The molecule has 0 bridgehead atoms. The van der Waals surface area contributed by atoms with E-state index in [-0.39, 0.29) is 34.3 Å². The van der Waals surface area contributed by atoms with Crippen molar-refractivity contribution in [3.8, 4) is 0 Å². The molecule has 6 nitrogen and oxygen atoms in total. The SMILES string of the molecule is CC(C)C(C)N(C)C(=O)c1cc([N+](=O)[O-])cnc1Cl. The van der Waals surface area contributed by atoms with Gasteiger partial charge in [0.25, 0.3) is 11.6 Å². The Hall–Kier alpha value is -1.69. The molecule has 0 radical (unpaired) electrons. The molecule has 0 aliphatic heterocycles. The van der Waals surface area contributed by atoms with E-state index >= 15 is 0 Å². The second kappa shape index (κ2) is 5.97. The zero-order valence-corrected chi connectivity index (χ0v) is 12.0. The highest BCUT2D eigenvalue weighted by molar-refractivity contribution is 6.32. The molecule has 0 spiro atoms. The van der Waals surface area contributed by atoms with Crippen molar-refractivity contribution in [3.05, 3.63) is 33.1 Å². The van der Waals surface area contributed by atoms with Crippen LogP contribution in [-0.2, 0) is 0 Å². The van der Waals surface area contributed by atoms with Crippen LogP contribution in [0.5, 0.6) is 0 Å². The van der Waals surface area contributed by atoms with E-state index in [1.165, 1.54) is 4.90 Å². The van der Waals surface area contributed by atoms with Crippen LogP contribution in [0.15, 0.2) is 12.3 Å². The van der Waals surface area contributed by atoms with Gasteiger partial charge >= 0.3 is 0 Å². The molecule has 0 saturated heterocycles. The molecular weight excluding hydrogens is 270 g/mol. The molecule has 1 rings (SSSR count). The van der Waals surface area contributed by atoms with Gasteiger partial charge in [0, 0.05) is 19.2 Å². The van der Waals surface area contributed by atoms with E-state index in [2.05, 4.69) is 4.98 Å². The van der Waals surface area contributed by atoms with Crippen LogP contribution in [0.4, 0.5) is 5.69 Å². The standard InChI is InChI=1S/C12H16ClN3O3/c1-7(2)8(3)15(4)12(17)10-5-9(16(18)19)6-14-11(10)13/h5-8H,1-4H3. The Kier molecular flexibility index (Phi) is 4.83. The number of hydrogen-bond acceptors (Lipinski definition) is 4. The largest absolute Gasteiger partial charge is 0.339 e. The molecule has 0 N–H and O–H groups in total. The molecule has 0 aromatic carbocycles. The number of hydrogen-bond donors (Lipinski definition) is 0. The fraction of sp³-hybridized carbons (Fsp3) is 0.500. The van der Waals surface area contributed by atoms with Crippen LogP contribution < -0.4 is 0 Å². The molecular formula is C12H16ClN3O3. The van der Waals surface area contributed by atoms with E-state index in [0.717, 1.165) is 12.3 Å². The van der Waals surface area contributed by atoms with Crippen molar-refractivity contribution < 1.29 is 9.72 Å². The van der Waals surface area contributed by atoms with E-state index in [9.17, 15) is 14.9 Å². The lowest BCUT2D eigenvalue weighted by molar-refractivity contribution is -0.385. The number of pyridine rings is 1. The summed E-state index contributed by atoms with van der Waals surface area (Å²) >= 11 is 5.84. The first-order valence-corrected chi connectivity index (χ1v) is 6.20. The van der Waals surface area contributed by atoms with Crippen molar-refractivity contribution in [2.45, 2.75) is 26.8 Å². The summed E-state index contributed by atoms with van der Waals surface area (Å²) in [7, 11) is 1.64. The van der Waals surface area contributed by atoms with Gasteiger partial charge in [-0.05, 0) is 12.8 Å². The molecule has 1 atom stereocenters. The van der Waals surface area contributed by atoms with Gasteiger partial charge in [0.15, 0.2) is 0 Å². The lowest BCUT2D eigenvalue weighted by Gasteiger charge is -2.28. The van der Waals surface area contributed by atoms with Gasteiger partial charge < -0.3 is 4.90 Å². The average molecular weight is 286 g/mol. The Morgan fingerprint density at radius 2 is 2.05 bits per heavy atom. The summed E-state index contributed by atoms with van der Waals surface area (Å²) in [6.07, 6.45) is 1.03. The zero-order valence-electron chi connectivity index (χ0n) is 11.3. The molecule has 0 saturated carbocycles. The van der Waals surface area contributed by atoms with Crippen LogP contribution in [0, 0.1) is 16.0 Å². The lowest BCUT2D eigenvalue weighted by Crippen LogP contribution is -2.38. The number of carbonyl (C=O) groups is 1. The summed E-state index contributed by atoms with van der Waals surface area (Å²) in [6.45, 7) is 5.88. The van der Waals surface area contributed by atoms with Gasteiger partial charge in [-0.1, -0.05) is 25.4 Å². The summed E-state index contributed by atoms with van der Waals surface area (Å²) in [6, 6.07) is 1.14. The van der Waals surface area contributed by atoms with Gasteiger partial charge in [-0.3, -0.25) is 14.9 Å². The number of rotatable bonds is 4. The third-order valence-electron chi connectivity index (χ3n) is 3.16. The van der Waals surface area contributed by atoms with Crippen LogP contribution in [-0.4, -0.2) is 33.8 Å². The Balaban J connectivity index is 3.12. The zero-order chi connectivity index (χ0) is 14.7. The fourth-order valence-electron chi connectivity index (χ4n) is 1.51. The predicted molar refractivity (Wildman–Crippen MR) is 72.3 cm³/mol. The molecule has 0 fully saturated rings. The summed E-state index contributed by atoms with van der Waals surface area (Å²) in [5.74, 6) is -0.109. The second-order valence-electron chi connectivity index (χ2n) is 4.69. The highest BCUT2D eigenvalue weighted by Crippen LogP contribution is 2.22. The van der Waals surface area contributed by atoms with Crippen molar-refractivity contribution in [1.82, 2.24) is 9.88 Å². The predicted octanol–water partition coefficient (Wildman–Crippen LogP) is 2.76. The lowest BCUT2D eigenvalue weighted by atomic mass is 10.0. The molecule has 1 aromatic rings. The number of carbonyl (C=O) groups excluding carboxylic acids is 1. The molecule has 0 aliphatic carbocycles. The maximum absolute atomic E-state index is 12.3. The van der Waals surface area contributed by atoms with Crippen LogP contribution in [0.3, 0.4) is 0 Å². The Bertz CT molecular complexity index is 505. The van der Waals surface area contributed by atoms with Crippen LogP contribution in [0.25, 0.3) is 0 Å². The number of aromatic nitrogens is 1. The Morgan fingerprint density at radius 3 is 2.53 bits per heavy atom. The molecule has 1 aromatic heterocycles. The Morgan fingerprint density at radius 1 is 1.47 bits per heavy atom. The van der Waals surface area contributed by atoms with Gasteiger partial charge in [-0.15, -0.1) is 0 Å². The minimum Gasteiger partial charge on any atom is -0.339 e. The van der Waals surface area contributed by atoms with E-state index in [1.807, 2.05) is 20.8 Å². The van der Waals surface area contributed by atoms with E-state index in [4.69, 9.17) is 11.6 Å². The van der Waals surface area contributed by atoms with Crippen LogP contribution in [0.2, 0.25) is 5.15 Å². The minimum atomic E-state index is -0.605. The van der Waals surface area contributed by atoms with Crippen molar-refractivity contribution >= 4 is 23.2 Å². The van der Waals surface area contributed by atoms with Gasteiger partial charge in [-0.25, -0.2) is 4.98 Å². The van der Waals surface area contributed by atoms with Crippen LogP contribution in [0.1, 0.15) is 31.1 Å². The van der Waals surface area contributed by atoms with Crippen molar-refractivity contribution in [1.29, 1.82) is 0 Å². The topological polar surface area (TPSA) is 76.3 Å². The molecule has 1 amide bonds. The van der Waals surface area contributed by atoms with Crippen molar-refractivity contribution in [3.63, 3.8) is 0 Å². The Labute approximate surface area is 116 Å². The third-order valence-corrected chi connectivity index (χ3v) is 3.46. The molecule has 1 heterocycles. The summed E-state index contributed by atoms with van der Waals surface area (Å²) in [5, 5.41) is 10.7. The third kappa shape index (κ3) is 3.41. The first-order chi connectivity index (χ1) is 8.75. The van der Waals surface area contributed by atoms with Crippen molar-refractivity contribution in [2.24, 2.45) is 5.92 Å². The van der Waals surface area contributed by atoms with Crippen molar-refractivity contribution in [2.75, 3.05) is 7.05 Å². The normalized spacial score (nSPS) is 12.3. The maximum Gasteiger partial charge on any atom is 0.288 e. The molecule has 7 heteroatoms. The average Bonchev–Trinajstić information content (AvgIpc) is 2.36. The van der Waals surface area contributed by atoms with E-state index in [0.29, 0.717) is 0 Å². The highest BCUT2D eigenvalue weighted by atomic mass is 35.5. The number of halogens is 1. The molecule has 19 heavy (non-hydrogen) atoms. The first kappa shape index (κ1) is 15.4. The van der Waals surface area contributed by atoms with Crippen LogP contribution >= 0.6 is 11.6 Å². The van der Waals surface area contributed by atoms with Gasteiger partial charge in [0.05, 0.1) is 10.5 Å². The van der Waals surface area contributed by atoms with Gasteiger partial charge in [-0.2, -0.15) is 0 Å². The smallest absolute Gasteiger partial charge is 0.288 e. The first-order valence-electron chi connectivity index (χ1n) is 5.82. The van der Waals surface area contributed by atoms with Gasteiger partial charge in [0.1, 0.15) is 11.3 Å². The summed E-state index contributed by atoms with van der Waals surface area (Å²) < 4.78 is 0. The minimum absolute atomic E-state index is 0.0113. The quantitative estimate of drug-likeness (QED) is 0.484. The number of amides is 1. The summed E-state index contributed by atoms with van der Waals surface area (Å²) in [4.78, 5) is 27.6. The molecule has 1 unspecified atom stereocenters. The van der Waals surface area contributed by atoms with E-state index < -0.39 is 4.92 Å². The second-order valence-corrected chi connectivity index (χ2v) is 5.05. The summed E-state index contributed by atoms with van der Waals surface area (Å²) in [5.41, 5.74) is -0.204. The maximum atomic E-state index is 12.3. The number of nitro groups is 1. The molecule has 104 valence electrons. The molecule has 0 aliphatic rings. The highest BCUT2D eigenvalue weighted by Gasteiger charge is 2.24.